The van der Waals surface area contributed by atoms with Crippen molar-refractivity contribution < 1.29 is 14.3 Å². The number of hydrogen-bond donors (Lipinski definition) is 0. The van der Waals surface area contributed by atoms with Crippen molar-refractivity contribution in [3.63, 3.8) is 0 Å². The lowest BCUT2D eigenvalue weighted by Crippen LogP contribution is -2.50. The Kier molecular flexibility index (Phi) is 8.11. The largest absolute Gasteiger partial charge is 0.378 e. The van der Waals surface area contributed by atoms with Gasteiger partial charge in [-0.15, -0.1) is 0 Å². The van der Waals surface area contributed by atoms with Gasteiger partial charge in [0.25, 0.3) is 0 Å². The molecule has 0 spiro atoms. The van der Waals surface area contributed by atoms with E-state index in [0.29, 0.717) is 50.1 Å². The summed E-state index contributed by atoms with van der Waals surface area (Å²) in [7, 11) is 3.22. The average molecular weight is 481 g/mol. The SMILES string of the molecule is COCC(=O)N1CCN(c2nc(-c3ccccc3)nc(COC)c2Cc2ccc(Cl)cc2)CC1. The number of ether oxygens (including phenoxy) is 2. The minimum absolute atomic E-state index is 0.0104. The molecule has 0 atom stereocenters. The molecule has 4 rings (SSSR count). The molecule has 1 saturated heterocycles. The minimum Gasteiger partial charge on any atom is -0.378 e. The Balaban J connectivity index is 1.72. The summed E-state index contributed by atoms with van der Waals surface area (Å²) in [5.41, 5.74) is 3.96. The maximum absolute atomic E-state index is 12.3. The third kappa shape index (κ3) is 5.73. The van der Waals surface area contributed by atoms with Crippen molar-refractivity contribution >= 4 is 23.3 Å². The Morgan fingerprint density at radius 3 is 2.29 bits per heavy atom. The molecular weight excluding hydrogens is 452 g/mol. The molecule has 0 saturated carbocycles. The third-order valence-corrected chi connectivity index (χ3v) is 6.13. The number of benzene rings is 2. The summed E-state index contributed by atoms with van der Waals surface area (Å²) in [4.78, 5) is 26.3. The first-order valence-electron chi connectivity index (χ1n) is 11.3. The zero-order chi connectivity index (χ0) is 23.9. The van der Waals surface area contributed by atoms with Gasteiger partial charge in [-0.25, -0.2) is 9.97 Å². The van der Waals surface area contributed by atoms with Crippen LogP contribution in [-0.2, 0) is 27.3 Å². The minimum atomic E-state index is 0.0104. The van der Waals surface area contributed by atoms with Crippen molar-refractivity contribution in [2.45, 2.75) is 13.0 Å². The number of halogens is 1. The number of piperazine rings is 1. The van der Waals surface area contributed by atoms with Crippen molar-refractivity contribution in [3.8, 4) is 11.4 Å². The molecule has 1 aliphatic heterocycles. The molecule has 2 aromatic carbocycles. The molecule has 8 heteroatoms. The molecule has 0 radical (unpaired) electrons. The maximum Gasteiger partial charge on any atom is 0.248 e. The van der Waals surface area contributed by atoms with Crippen LogP contribution >= 0.6 is 11.6 Å². The zero-order valence-electron chi connectivity index (χ0n) is 19.5. The number of aromatic nitrogens is 2. The van der Waals surface area contributed by atoms with E-state index < -0.39 is 0 Å². The predicted octanol–water partition coefficient (Wildman–Crippen LogP) is 3.83. The fourth-order valence-electron chi connectivity index (χ4n) is 4.12. The van der Waals surface area contributed by atoms with Gasteiger partial charge in [-0.3, -0.25) is 4.79 Å². The van der Waals surface area contributed by atoms with Gasteiger partial charge in [0.05, 0.1) is 12.3 Å². The number of carbonyl (C=O) groups excluding carboxylic acids is 1. The molecule has 1 fully saturated rings. The lowest BCUT2D eigenvalue weighted by molar-refractivity contribution is -0.135. The number of carbonyl (C=O) groups is 1. The van der Waals surface area contributed by atoms with Gasteiger partial charge in [-0.05, 0) is 17.7 Å². The number of anilines is 1. The fraction of sp³-hybridized carbons (Fsp3) is 0.346. The van der Waals surface area contributed by atoms with Crippen LogP contribution in [0, 0.1) is 0 Å². The monoisotopic (exact) mass is 480 g/mol. The molecule has 0 aliphatic carbocycles. The Morgan fingerprint density at radius 2 is 1.65 bits per heavy atom. The summed E-state index contributed by atoms with van der Waals surface area (Å²) in [5.74, 6) is 1.56. The number of nitrogens with zero attached hydrogens (tertiary/aromatic N) is 4. The van der Waals surface area contributed by atoms with Crippen LogP contribution in [0.25, 0.3) is 11.4 Å². The standard InChI is InChI=1S/C26H29ClN4O3/c1-33-17-23-22(16-19-8-10-21(27)11-9-19)26(29-25(28-23)20-6-4-3-5-7-20)31-14-12-30(13-15-31)24(32)18-34-2/h3-11H,12-18H2,1-2H3. The van der Waals surface area contributed by atoms with E-state index in [4.69, 9.17) is 31.0 Å². The zero-order valence-corrected chi connectivity index (χ0v) is 20.3. The van der Waals surface area contributed by atoms with Gasteiger partial charge in [0.2, 0.25) is 5.91 Å². The van der Waals surface area contributed by atoms with E-state index in [1.807, 2.05) is 59.5 Å². The quantitative estimate of drug-likeness (QED) is 0.488. The Morgan fingerprint density at radius 1 is 0.941 bits per heavy atom. The second kappa shape index (κ2) is 11.4. The van der Waals surface area contributed by atoms with Gasteiger partial charge in [0.15, 0.2) is 5.82 Å². The highest BCUT2D eigenvalue weighted by molar-refractivity contribution is 6.30. The lowest BCUT2D eigenvalue weighted by Gasteiger charge is -2.36. The average Bonchev–Trinajstić information content (AvgIpc) is 2.87. The lowest BCUT2D eigenvalue weighted by atomic mass is 10.0. The van der Waals surface area contributed by atoms with E-state index in [1.54, 1.807) is 14.2 Å². The smallest absolute Gasteiger partial charge is 0.248 e. The highest BCUT2D eigenvalue weighted by Gasteiger charge is 2.26. The first kappa shape index (κ1) is 24.1. The maximum atomic E-state index is 12.3. The summed E-state index contributed by atoms with van der Waals surface area (Å²) < 4.78 is 10.6. The first-order chi connectivity index (χ1) is 16.6. The van der Waals surface area contributed by atoms with E-state index >= 15 is 0 Å². The van der Waals surface area contributed by atoms with E-state index in [9.17, 15) is 4.79 Å². The molecule has 34 heavy (non-hydrogen) atoms. The summed E-state index contributed by atoms with van der Waals surface area (Å²) in [5, 5.41) is 0.702. The van der Waals surface area contributed by atoms with E-state index in [2.05, 4.69) is 4.90 Å². The second-order valence-corrected chi connectivity index (χ2v) is 8.64. The highest BCUT2D eigenvalue weighted by Crippen LogP contribution is 2.29. The molecule has 178 valence electrons. The van der Waals surface area contributed by atoms with Crippen molar-refractivity contribution in [1.29, 1.82) is 0 Å². The molecule has 3 aromatic rings. The van der Waals surface area contributed by atoms with Gasteiger partial charge in [0, 0.05) is 63.0 Å². The van der Waals surface area contributed by atoms with Crippen molar-refractivity contribution in [1.82, 2.24) is 14.9 Å². The van der Waals surface area contributed by atoms with Crippen LogP contribution in [0.1, 0.15) is 16.8 Å². The normalized spacial score (nSPS) is 13.9. The van der Waals surface area contributed by atoms with Crippen molar-refractivity contribution in [2.24, 2.45) is 0 Å². The van der Waals surface area contributed by atoms with E-state index in [1.165, 1.54) is 0 Å². The molecule has 1 amide bonds. The third-order valence-electron chi connectivity index (χ3n) is 5.88. The van der Waals surface area contributed by atoms with Gasteiger partial charge in [-0.2, -0.15) is 0 Å². The molecular formula is C26H29ClN4O3. The fourth-order valence-corrected chi connectivity index (χ4v) is 4.25. The summed E-state index contributed by atoms with van der Waals surface area (Å²) in [6.45, 7) is 3.08. The molecule has 1 aromatic heterocycles. The summed E-state index contributed by atoms with van der Waals surface area (Å²) >= 11 is 6.10. The van der Waals surface area contributed by atoms with Crippen LogP contribution in [0.3, 0.4) is 0 Å². The van der Waals surface area contributed by atoms with Crippen LogP contribution in [0.4, 0.5) is 5.82 Å². The van der Waals surface area contributed by atoms with Gasteiger partial charge >= 0.3 is 0 Å². The van der Waals surface area contributed by atoms with Crippen LogP contribution in [0.2, 0.25) is 5.02 Å². The number of hydrogen-bond acceptors (Lipinski definition) is 6. The molecule has 0 bridgehead atoms. The van der Waals surface area contributed by atoms with Gasteiger partial charge in [-0.1, -0.05) is 54.1 Å². The Bertz CT molecular complexity index is 1100. The molecule has 0 N–H and O–H groups in total. The van der Waals surface area contributed by atoms with Gasteiger partial charge < -0.3 is 19.3 Å². The van der Waals surface area contributed by atoms with Crippen LogP contribution in [0.5, 0.6) is 0 Å². The molecule has 7 nitrogen and oxygen atoms in total. The molecule has 0 unspecified atom stereocenters. The topological polar surface area (TPSA) is 67.8 Å². The van der Waals surface area contributed by atoms with E-state index in [0.717, 1.165) is 28.2 Å². The number of methoxy groups -OCH3 is 2. The second-order valence-electron chi connectivity index (χ2n) is 8.20. The molecule has 2 heterocycles. The van der Waals surface area contributed by atoms with Crippen LogP contribution < -0.4 is 4.90 Å². The van der Waals surface area contributed by atoms with Crippen molar-refractivity contribution in [3.05, 3.63) is 76.4 Å². The highest BCUT2D eigenvalue weighted by atomic mass is 35.5. The predicted molar refractivity (Wildman–Crippen MR) is 133 cm³/mol. The Labute approximate surface area is 205 Å². The van der Waals surface area contributed by atoms with Crippen LogP contribution in [0.15, 0.2) is 54.6 Å². The Hall–Kier alpha value is -3.00. The summed E-state index contributed by atoms with van der Waals surface area (Å²) in [6.07, 6.45) is 0.656. The number of amides is 1. The van der Waals surface area contributed by atoms with Crippen LogP contribution in [-0.4, -0.2) is 67.8 Å². The summed E-state index contributed by atoms with van der Waals surface area (Å²) in [6, 6.07) is 17.8. The first-order valence-corrected chi connectivity index (χ1v) is 11.7. The van der Waals surface area contributed by atoms with E-state index in [-0.39, 0.29) is 12.5 Å². The number of rotatable bonds is 8. The van der Waals surface area contributed by atoms with Crippen molar-refractivity contribution in [2.75, 3.05) is 51.9 Å². The van der Waals surface area contributed by atoms with Gasteiger partial charge in [0.1, 0.15) is 12.4 Å². The molecule has 1 aliphatic rings.